The number of carbonyl (C=O) groups excluding carboxylic acids is 1. The highest BCUT2D eigenvalue weighted by Gasteiger charge is 2.35. The van der Waals surface area contributed by atoms with Crippen LogP contribution >= 0.6 is 0 Å². The molecule has 0 aromatic carbocycles. The molecule has 5 heteroatoms. The second kappa shape index (κ2) is 8.51. The third-order valence-corrected chi connectivity index (χ3v) is 4.14. The van der Waals surface area contributed by atoms with Gasteiger partial charge in [0, 0.05) is 31.9 Å². The maximum Gasteiger partial charge on any atom is 0.241 e. The second-order valence-corrected chi connectivity index (χ2v) is 5.93. The lowest BCUT2D eigenvalue weighted by molar-refractivity contribution is -0.131. The van der Waals surface area contributed by atoms with Crippen LogP contribution in [0.15, 0.2) is 11.8 Å². The Bertz CT molecular complexity index is 367. The zero-order chi connectivity index (χ0) is 15.1. The van der Waals surface area contributed by atoms with Gasteiger partial charge in [0.25, 0.3) is 0 Å². The molecule has 1 N–H and O–H groups in total. The molecule has 0 radical (unpaired) electrons. The van der Waals surface area contributed by atoms with Gasteiger partial charge in [0.2, 0.25) is 5.91 Å². The van der Waals surface area contributed by atoms with Gasteiger partial charge in [-0.25, -0.2) is 0 Å². The predicted molar refractivity (Wildman–Crippen MR) is 81.8 cm³/mol. The van der Waals surface area contributed by atoms with Gasteiger partial charge in [-0.15, -0.1) is 0 Å². The zero-order valence-electron chi connectivity index (χ0n) is 13.1. The summed E-state index contributed by atoms with van der Waals surface area (Å²) < 4.78 is 5.08. The van der Waals surface area contributed by atoms with Crippen LogP contribution in [0.5, 0.6) is 0 Å². The molecular weight excluding hydrogens is 268 g/mol. The number of aliphatic hydroxyl groups is 1. The highest BCUT2D eigenvalue weighted by molar-refractivity contribution is 5.80. The Morgan fingerprint density at radius 1 is 1.38 bits per heavy atom. The van der Waals surface area contributed by atoms with E-state index >= 15 is 0 Å². The normalized spacial score (nSPS) is 18.7. The van der Waals surface area contributed by atoms with Crippen molar-refractivity contribution in [2.75, 3.05) is 40.0 Å². The quantitative estimate of drug-likeness (QED) is 0.698. The molecule has 0 saturated heterocycles. The standard InChI is InChI=1S/C16H28N2O3/c1-21-12-10-17(9-11-19)13-16(20)18(15-7-8-15)14-5-3-2-4-6-14/h5,15,19H,2-4,6-13H2,1H3. The van der Waals surface area contributed by atoms with E-state index in [0.717, 1.165) is 25.7 Å². The van der Waals surface area contributed by atoms with Gasteiger partial charge in [-0.3, -0.25) is 9.69 Å². The number of amides is 1. The van der Waals surface area contributed by atoms with Crippen molar-refractivity contribution < 1.29 is 14.6 Å². The maximum atomic E-state index is 12.7. The van der Waals surface area contributed by atoms with Crippen molar-refractivity contribution in [3.8, 4) is 0 Å². The number of nitrogens with zero attached hydrogens (tertiary/aromatic N) is 2. The van der Waals surface area contributed by atoms with E-state index in [4.69, 9.17) is 9.84 Å². The van der Waals surface area contributed by atoms with E-state index in [1.165, 1.54) is 18.5 Å². The van der Waals surface area contributed by atoms with Crippen molar-refractivity contribution in [1.82, 2.24) is 9.80 Å². The first kappa shape index (κ1) is 16.5. The fraction of sp³-hybridized carbons (Fsp3) is 0.812. The summed E-state index contributed by atoms with van der Waals surface area (Å²) in [6.45, 7) is 2.23. The predicted octanol–water partition coefficient (Wildman–Crippen LogP) is 1.38. The number of hydrogen-bond acceptors (Lipinski definition) is 4. The first-order chi connectivity index (χ1) is 10.3. The molecule has 2 aliphatic carbocycles. The van der Waals surface area contributed by atoms with Crippen molar-refractivity contribution in [3.63, 3.8) is 0 Å². The molecule has 0 heterocycles. The third-order valence-electron chi connectivity index (χ3n) is 4.14. The second-order valence-electron chi connectivity index (χ2n) is 5.93. The Balaban J connectivity index is 1.95. The Hall–Kier alpha value is -0.910. The first-order valence-electron chi connectivity index (χ1n) is 8.09. The molecule has 0 aromatic rings. The number of methoxy groups -OCH3 is 1. The van der Waals surface area contributed by atoms with Gasteiger partial charge in [-0.05, 0) is 38.5 Å². The molecular formula is C16H28N2O3. The summed E-state index contributed by atoms with van der Waals surface area (Å²) in [6.07, 6.45) is 9.04. The number of allylic oxidation sites excluding steroid dienone is 2. The molecule has 0 spiro atoms. The first-order valence-corrected chi connectivity index (χ1v) is 8.09. The van der Waals surface area contributed by atoms with Gasteiger partial charge < -0.3 is 14.7 Å². The molecule has 0 bridgehead atoms. The maximum absolute atomic E-state index is 12.7. The van der Waals surface area contributed by atoms with Crippen molar-refractivity contribution >= 4 is 5.91 Å². The minimum Gasteiger partial charge on any atom is -0.395 e. The van der Waals surface area contributed by atoms with Gasteiger partial charge in [-0.2, -0.15) is 0 Å². The topological polar surface area (TPSA) is 53.0 Å². The van der Waals surface area contributed by atoms with Crippen molar-refractivity contribution in [1.29, 1.82) is 0 Å². The van der Waals surface area contributed by atoms with E-state index < -0.39 is 0 Å². The van der Waals surface area contributed by atoms with E-state index in [1.807, 2.05) is 9.80 Å². The molecule has 1 amide bonds. The molecule has 2 rings (SSSR count). The van der Waals surface area contributed by atoms with Crippen LogP contribution in [0.2, 0.25) is 0 Å². The number of ether oxygens (including phenoxy) is 1. The molecule has 2 aliphatic rings. The summed E-state index contributed by atoms with van der Waals surface area (Å²) >= 11 is 0. The zero-order valence-corrected chi connectivity index (χ0v) is 13.1. The summed E-state index contributed by atoms with van der Waals surface area (Å²) in [5.41, 5.74) is 1.23. The van der Waals surface area contributed by atoms with E-state index in [1.54, 1.807) is 7.11 Å². The summed E-state index contributed by atoms with van der Waals surface area (Å²) in [7, 11) is 1.66. The monoisotopic (exact) mass is 296 g/mol. The molecule has 1 saturated carbocycles. The van der Waals surface area contributed by atoms with E-state index in [-0.39, 0.29) is 12.5 Å². The summed E-state index contributed by atoms with van der Waals surface area (Å²) in [5, 5.41) is 9.14. The largest absolute Gasteiger partial charge is 0.395 e. The SMILES string of the molecule is COCCN(CCO)CC(=O)N(C1=CCCCC1)C1CC1. The van der Waals surface area contributed by atoms with Crippen LogP contribution in [0.4, 0.5) is 0 Å². The smallest absolute Gasteiger partial charge is 0.241 e. The van der Waals surface area contributed by atoms with E-state index in [9.17, 15) is 4.79 Å². The Morgan fingerprint density at radius 2 is 2.19 bits per heavy atom. The van der Waals surface area contributed by atoms with Crippen molar-refractivity contribution in [2.24, 2.45) is 0 Å². The van der Waals surface area contributed by atoms with Crippen molar-refractivity contribution in [2.45, 2.75) is 44.6 Å². The Kier molecular flexibility index (Phi) is 6.67. The van der Waals surface area contributed by atoms with E-state index in [0.29, 0.717) is 32.3 Å². The average Bonchev–Trinajstić information content (AvgIpc) is 3.31. The van der Waals surface area contributed by atoms with Gasteiger partial charge in [0.1, 0.15) is 0 Å². The van der Waals surface area contributed by atoms with Crippen LogP contribution in [0.1, 0.15) is 38.5 Å². The summed E-state index contributed by atoms with van der Waals surface area (Å²) in [6, 6.07) is 0.417. The fourth-order valence-corrected chi connectivity index (χ4v) is 2.87. The van der Waals surface area contributed by atoms with Crippen LogP contribution in [0.3, 0.4) is 0 Å². The van der Waals surface area contributed by atoms with Crippen LogP contribution < -0.4 is 0 Å². The fourth-order valence-electron chi connectivity index (χ4n) is 2.87. The molecule has 0 atom stereocenters. The summed E-state index contributed by atoms with van der Waals surface area (Å²) in [4.78, 5) is 16.7. The molecule has 0 aliphatic heterocycles. The minimum atomic E-state index is 0.0725. The van der Waals surface area contributed by atoms with Gasteiger partial charge in [0.15, 0.2) is 0 Å². The summed E-state index contributed by atoms with van der Waals surface area (Å²) in [5.74, 6) is 0.176. The van der Waals surface area contributed by atoms with Crippen LogP contribution in [-0.2, 0) is 9.53 Å². The lowest BCUT2D eigenvalue weighted by atomic mass is 10.0. The number of hydrogen-bond donors (Lipinski definition) is 1. The lowest BCUT2D eigenvalue weighted by Gasteiger charge is -2.30. The minimum absolute atomic E-state index is 0.0725. The Labute approximate surface area is 127 Å². The van der Waals surface area contributed by atoms with Crippen LogP contribution in [0.25, 0.3) is 0 Å². The highest BCUT2D eigenvalue weighted by Crippen LogP contribution is 2.33. The van der Waals surface area contributed by atoms with Crippen molar-refractivity contribution in [3.05, 3.63) is 11.8 Å². The molecule has 1 fully saturated rings. The van der Waals surface area contributed by atoms with Gasteiger partial charge >= 0.3 is 0 Å². The molecule has 0 aromatic heterocycles. The van der Waals surface area contributed by atoms with Crippen LogP contribution in [0, 0.1) is 0 Å². The molecule has 5 nitrogen and oxygen atoms in total. The van der Waals surface area contributed by atoms with Crippen LogP contribution in [-0.4, -0.2) is 66.8 Å². The van der Waals surface area contributed by atoms with Gasteiger partial charge in [0.05, 0.1) is 19.8 Å². The van der Waals surface area contributed by atoms with E-state index in [2.05, 4.69) is 6.08 Å². The third kappa shape index (κ3) is 5.09. The molecule has 21 heavy (non-hydrogen) atoms. The number of carbonyl (C=O) groups is 1. The molecule has 0 unspecified atom stereocenters. The van der Waals surface area contributed by atoms with Gasteiger partial charge in [-0.1, -0.05) is 6.08 Å². The number of aliphatic hydroxyl groups excluding tert-OH is 1. The Morgan fingerprint density at radius 3 is 2.76 bits per heavy atom. The lowest BCUT2D eigenvalue weighted by Crippen LogP contribution is -2.43. The average molecular weight is 296 g/mol. The number of rotatable bonds is 9. The highest BCUT2D eigenvalue weighted by atomic mass is 16.5. The molecule has 120 valence electrons.